The standard InChI is InChI=1S/C11H11BrF3NO4/c1-2-19-9(18)4-7-10(20-11(13,14)15)8(17)3-6(5-12)16-7/h3H,2,4-5H2,1H3,(H,16,17). The summed E-state index contributed by atoms with van der Waals surface area (Å²) in [7, 11) is 0. The summed E-state index contributed by atoms with van der Waals surface area (Å²) in [5.74, 6) is -1.71. The van der Waals surface area contributed by atoms with Gasteiger partial charge in [0.05, 0.1) is 18.7 Å². The highest BCUT2D eigenvalue weighted by molar-refractivity contribution is 9.08. The van der Waals surface area contributed by atoms with Gasteiger partial charge in [-0.2, -0.15) is 0 Å². The van der Waals surface area contributed by atoms with E-state index in [4.69, 9.17) is 0 Å². The van der Waals surface area contributed by atoms with E-state index in [-0.39, 0.29) is 17.6 Å². The summed E-state index contributed by atoms with van der Waals surface area (Å²) in [4.78, 5) is 25.5. The van der Waals surface area contributed by atoms with Crippen LogP contribution in [0.1, 0.15) is 18.3 Å². The number of pyridine rings is 1. The van der Waals surface area contributed by atoms with Crippen molar-refractivity contribution < 1.29 is 27.4 Å². The number of halogens is 4. The van der Waals surface area contributed by atoms with Crippen molar-refractivity contribution >= 4 is 21.9 Å². The Morgan fingerprint density at radius 1 is 1.45 bits per heavy atom. The fourth-order valence-corrected chi connectivity index (χ4v) is 1.74. The van der Waals surface area contributed by atoms with E-state index in [9.17, 15) is 22.8 Å². The molecule has 0 aliphatic carbocycles. The number of carbonyl (C=O) groups is 1. The number of ether oxygens (including phenoxy) is 2. The lowest BCUT2D eigenvalue weighted by Gasteiger charge is -2.13. The predicted molar refractivity (Wildman–Crippen MR) is 66.7 cm³/mol. The van der Waals surface area contributed by atoms with Gasteiger partial charge >= 0.3 is 12.3 Å². The van der Waals surface area contributed by atoms with Gasteiger partial charge in [0.1, 0.15) is 0 Å². The highest BCUT2D eigenvalue weighted by atomic mass is 79.9. The van der Waals surface area contributed by atoms with Crippen LogP contribution < -0.4 is 10.2 Å². The molecule has 0 amide bonds. The fourth-order valence-electron chi connectivity index (χ4n) is 1.44. The Morgan fingerprint density at radius 3 is 2.60 bits per heavy atom. The van der Waals surface area contributed by atoms with Gasteiger partial charge in [-0.25, -0.2) is 0 Å². The minimum Gasteiger partial charge on any atom is -0.466 e. The fraction of sp³-hybridized carbons (Fsp3) is 0.455. The molecule has 0 radical (unpaired) electrons. The van der Waals surface area contributed by atoms with E-state index in [2.05, 4.69) is 30.4 Å². The Morgan fingerprint density at radius 2 is 2.10 bits per heavy atom. The topological polar surface area (TPSA) is 68.4 Å². The van der Waals surface area contributed by atoms with Crippen LogP contribution in [0.2, 0.25) is 0 Å². The molecular formula is C11H11BrF3NO4. The number of nitrogens with one attached hydrogen (secondary N) is 1. The first kappa shape index (κ1) is 16.5. The zero-order valence-electron chi connectivity index (χ0n) is 10.3. The van der Waals surface area contributed by atoms with Crippen LogP contribution in [-0.4, -0.2) is 23.9 Å². The average molecular weight is 358 g/mol. The summed E-state index contributed by atoms with van der Waals surface area (Å²) in [6.45, 7) is 1.64. The molecule has 1 aromatic heterocycles. The molecule has 1 rings (SSSR count). The number of aromatic nitrogens is 1. The third kappa shape index (κ3) is 4.87. The monoisotopic (exact) mass is 357 g/mol. The molecule has 0 saturated heterocycles. The lowest BCUT2D eigenvalue weighted by atomic mass is 10.2. The quantitative estimate of drug-likeness (QED) is 0.648. The SMILES string of the molecule is CCOC(=O)Cc1[nH]c(CBr)cc(=O)c1OC(F)(F)F. The molecule has 112 valence electrons. The van der Waals surface area contributed by atoms with Crippen LogP contribution >= 0.6 is 15.9 Å². The predicted octanol–water partition coefficient (Wildman–Crippen LogP) is 2.27. The normalized spacial score (nSPS) is 11.2. The van der Waals surface area contributed by atoms with Gasteiger partial charge in [0, 0.05) is 17.1 Å². The average Bonchev–Trinajstić information content (AvgIpc) is 2.32. The molecule has 0 atom stereocenters. The van der Waals surface area contributed by atoms with E-state index in [1.807, 2.05) is 0 Å². The van der Waals surface area contributed by atoms with Crippen molar-refractivity contribution in [2.45, 2.75) is 25.0 Å². The second-order valence-corrected chi connectivity index (χ2v) is 4.19. The van der Waals surface area contributed by atoms with Crippen LogP contribution in [0.3, 0.4) is 0 Å². The van der Waals surface area contributed by atoms with Crippen molar-refractivity contribution in [1.82, 2.24) is 4.98 Å². The summed E-state index contributed by atoms with van der Waals surface area (Å²) in [5.41, 5.74) is -0.915. The largest absolute Gasteiger partial charge is 0.573 e. The first-order chi connectivity index (χ1) is 9.26. The molecule has 0 aliphatic heterocycles. The van der Waals surface area contributed by atoms with E-state index in [1.54, 1.807) is 6.92 Å². The minimum atomic E-state index is -5.02. The molecule has 0 aromatic carbocycles. The van der Waals surface area contributed by atoms with E-state index < -0.39 is 29.9 Å². The lowest BCUT2D eigenvalue weighted by molar-refractivity contribution is -0.275. The molecule has 0 fully saturated rings. The third-order valence-electron chi connectivity index (χ3n) is 2.10. The Labute approximate surface area is 120 Å². The van der Waals surface area contributed by atoms with Crippen molar-refractivity contribution in [1.29, 1.82) is 0 Å². The maximum atomic E-state index is 12.3. The smallest absolute Gasteiger partial charge is 0.466 e. The Bertz CT molecular complexity index is 541. The maximum absolute atomic E-state index is 12.3. The molecule has 0 aliphatic rings. The number of esters is 1. The van der Waals surface area contributed by atoms with Crippen molar-refractivity contribution in [3.05, 3.63) is 27.7 Å². The summed E-state index contributed by atoms with van der Waals surface area (Å²) in [6, 6.07) is 0.963. The van der Waals surface area contributed by atoms with Gasteiger partial charge in [0.2, 0.25) is 5.43 Å². The number of hydrogen-bond donors (Lipinski definition) is 1. The molecule has 0 saturated carbocycles. The van der Waals surface area contributed by atoms with Crippen molar-refractivity contribution in [2.75, 3.05) is 6.61 Å². The first-order valence-electron chi connectivity index (χ1n) is 5.49. The maximum Gasteiger partial charge on any atom is 0.573 e. The van der Waals surface area contributed by atoms with Gasteiger partial charge in [0.25, 0.3) is 0 Å². The van der Waals surface area contributed by atoms with Crippen LogP contribution in [0.4, 0.5) is 13.2 Å². The van der Waals surface area contributed by atoms with Crippen molar-refractivity contribution in [2.24, 2.45) is 0 Å². The lowest BCUT2D eigenvalue weighted by Crippen LogP contribution is -2.25. The highest BCUT2D eigenvalue weighted by Crippen LogP contribution is 2.23. The summed E-state index contributed by atoms with van der Waals surface area (Å²) in [5, 5.41) is 0.213. The van der Waals surface area contributed by atoms with Crippen LogP contribution in [0.15, 0.2) is 10.9 Å². The second kappa shape index (κ2) is 6.78. The molecule has 1 N–H and O–H groups in total. The number of alkyl halides is 4. The molecule has 20 heavy (non-hydrogen) atoms. The number of aromatic amines is 1. The van der Waals surface area contributed by atoms with Crippen LogP contribution in [-0.2, 0) is 21.3 Å². The number of H-pyrrole nitrogens is 1. The molecule has 5 nitrogen and oxygen atoms in total. The molecule has 1 aromatic rings. The van der Waals surface area contributed by atoms with Gasteiger partial charge in [-0.05, 0) is 6.92 Å². The zero-order chi connectivity index (χ0) is 15.3. The van der Waals surface area contributed by atoms with Crippen molar-refractivity contribution in [3.8, 4) is 5.75 Å². The minimum absolute atomic E-state index is 0.0800. The Balaban J connectivity index is 3.19. The molecule has 1 heterocycles. The Kier molecular flexibility index (Phi) is 5.61. The van der Waals surface area contributed by atoms with Crippen molar-refractivity contribution in [3.63, 3.8) is 0 Å². The summed E-state index contributed by atoms with van der Waals surface area (Å²) >= 11 is 3.06. The first-order valence-corrected chi connectivity index (χ1v) is 6.61. The van der Waals surface area contributed by atoms with Crippen LogP contribution in [0.25, 0.3) is 0 Å². The van der Waals surface area contributed by atoms with E-state index in [0.717, 1.165) is 6.07 Å². The molecule has 9 heteroatoms. The zero-order valence-corrected chi connectivity index (χ0v) is 11.9. The molecule has 0 spiro atoms. The molecule has 0 bridgehead atoms. The van der Waals surface area contributed by atoms with Gasteiger partial charge in [-0.1, -0.05) is 15.9 Å². The van der Waals surface area contributed by atoms with Crippen LogP contribution in [0, 0.1) is 0 Å². The Hall–Kier alpha value is -1.51. The third-order valence-corrected chi connectivity index (χ3v) is 2.71. The molecule has 0 unspecified atom stereocenters. The highest BCUT2D eigenvalue weighted by Gasteiger charge is 2.34. The summed E-state index contributed by atoms with van der Waals surface area (Å²) in [6.07, 6.45) is -5.54. The number of rotatable bonds is 5. The van der Waals surface area contributed by atoms with E-state index >= 15 is 0 Å². The number of carbonyl (C=O) groups excluding carboxylic acids is 1. The van der Waals surface area contributed by atoms with Gasteiger partial charge in [0.15, 0.2) is 5.75 Å². The van der Waals surface area contributed by atoms with E-state index in [1.165, 1.54) is 0 Å². The van der Waals surface area contributed by atoms with Crippen LogP contribution in [0.5, 0.6) is 5.75 Å². The van der Waals surface area contributed by atoms with Gasteiger partial charge in [-0.3, -0.25) is 9.59 Å². The molecular weight excluding hydrogens is 347 g/mol. The summed E-state index contributed by atoms with van der Waals surface area (Å²) < 4.78 is 45.1. The second-order valence-electron chi connectivity index (χ2n) is 3.63. The number of hydrogen-bond acceptors (Lipinski definition) is 4. The van der Waals surface area contributed by atoms with E-state index in [0.29, 0.717) is 5.69 Å². The van der Waals surface area contributed by atoms with Gasteiger partial charge < -0.3 is 14.5 Å². The van der Waals surface area contributed by atoms with Gasteiger partial charge in [-0.15, -0.1) is 13.2 Å².